The van der Waals surface area contributed by atoms with Crippen LogP contribution in [-0.2, 0) is 6.42 Å². The number of H-pyrrole nitrogens is 1. The zero-order valence-electron chi connectivity index (χ0n) is 19.9. The first-order chi connectivity index (χ1) is 16.4. The van der Waals surface area contributed by atoms with Gasteiger partial charge in [0.15, 0.2) is 0 Å². The molecular weight excluding hydrogens is 428 g/mol. The number of aromatic hydroxyl groups is 1. The number of benzene rings is 1. The lowest BCUT2D eigenvalue weighted by atomic mass is 9.87. The molecule has 7 heteroatoms. The van der Waals surface area contributed by atoms with Gasteiger partial charge in [-0.15, -0.1) is 0 Å². The minimum atomic E-state index is -0.449. The number of hydrogen-bond acceptors (Lipinski definition) is 5. The molecule has 2 aliphatic rings. The van der Waals surface area contributed by atoms with Crippen LogP contribution in [-0.4, -0.2) is 53.1 Å². The molecule has 1 aliphatic heterocycles. The number of hydrogen-bond donors (Lipinski definition) is 3. The number of aryl methyl sites for hydroxylation is 1. The summed E-state index contributed by atoms with van der Waals surface area (Å²) < 4.78 is 0. The third kappa shape index (κ3) is 4.44. The predicted molar refractivity (Wildman–Crippen MR) is 133 cm³/mol. The van der Waals surface area contributed by atoms with Gasteiger partial charge in [0.2, 0.25) is 0 Å². The highest BCUT2D eigenvalue weighted by atomic mass is 16.3. The molecule has 2 aromatic heterocycles. The monoisotopic (exact) mass is 460 g/mol. The number of carbonyl (C=O) groups is 1. The fraction of sp³-hybridized carbons (Fsp3) is 0.444. The molecule has 178 valence electrons. The number of phenolic OH excluding ortho intramolecular Hbond substituents is 1. The Bertz CT molecular complexity index is 1290. The Morgan fingerprint density at radius 2 is 2.03 bits per heavy atom. The van der Waals surface area contributed by atoms with E-state index in [1.54, 1.807) is 26.2 Å². The molecule has 5 rings (SSSR count). The van der Waals surface area contributed by atoms with Gasteiger partial charge in [-0.3, -0.25) is 9.59 Å². The molecule has 3 N–H and O–H groups in total. The first-order valence-corrected chi connectivity index (χ1v) is 12.2. The molecule has 1 aliphatic carbocycles. The van der Waals surface area contributed by atoms with E-state index < -0.39 is 5.56 Å². The number of rotatable bonds is 6. The Balaban J connectivity index is 1.69. The molecule has 3 aromatic rings. The topological polar surface area (TPSA) is 98.3 Å². The quantitative estimate of drug-likeness (QED) is 0.520. The fourth-order valence-electron chi connectivity index (χ4n) is 5.05. The number of nitrogens with one attached hydrogen (secondary N) is 2. The van der Waals surface area contributed by atoms with Crippen LogP contribution >= 0.6 is 0 Å². The van der Waals surface area contributed by atoms with Crippen molar-refractivity contribution >= 4 is 16.9 Å². The highest BCUT2D eigenvalue weighted by Crippen LogP contribution is 2.39. The number of phenols is 1. The number of aromatic nitrogens is 2. The molecule has 1 amide bonds. The maximum Gasteiger partial charge on any atom is 0.262 e. The Labute approximate surface area is 199 Å². The van der Waals surface area contributed by atoms with Gasteiger partial charge < -0.3 is 20.3 Å². The second-order valence-electron chi connectivity index (χ2n) is 9.91. The van der Waals surface area contributed by atoms with E-state index in [0.717, 1.165) is 66.8 Å². The molecule has 1 atom stereocenters. The SMILES string of the molecule is CN(C)C(=O)c1cc2c(C3CCCNC3)cc(-c3c(O)cccc3CCC3CC3)nc2[nH]c1=O. The van der Waals surface area contributed by atoms with Gasteiger partial charge in [-0.25, -0.2) is 4.98 Å². The predicted octanol–water partition coefficient (Wildman–Crippen LogP) is 3.81. The lowest BCUT2D eigenvalue weighted by Crippen LogP contribution is -2.30. The van der Waals surface area contributed by atoms with E-state index in [-0.39, 0.29) is 23.1 Å². The number of piperidine rings is 1. The Morgan fingerprint density at radius 1 is 1.21 bits per heavy atom. The van der Waals surface area contributed by atoms with Crippen molar-refractivity contribution < 1.29 is 9.90 Å². The van der Waals surface area contributed by atoms with Crippen molar-refractivity contribution in [3.05, 3.63) is 57.4 Å². The Morgan fingerprint density at radius 3 is 2.74 bits per heavy atom. The number of aromatic amines is 1. The van der Waals surface area contributed by atoms with E-state index in [1.165, 1.54) is 17.7 Å². The first kappa shape index (κ1) is 22.6. The lowest BCUT2D eigenvalue weighted by Gasteiger charge is -2.25. The van der Waals surface area contributed by atoms with Gasteiger partial charge in [0, 0.05) is 31.6 Å². The van der Waals surface area contributed by atoms with Crippen LogP contribution < -0.4 is 10.9 Å². The Hall–Kier alpha value is -3.19. The zero-order chi connectivity index (χ0) is 23.8. The molecule has 1 unspecified atom stereocenters. The van der Waals surface area contributed by atoms with E-state index in [4.69, 9.17) is 4.98 Å². The summed E-state index contributed by atoms with van der Waals surface area (Å²) in [6.07, 6.45) is 6.64. The molecule has 0 bridgehead atoms. The van der Waals surface area contributed by atoms with E-state index in [9.17, 15) is 14.7 Å². The smallest absolute Gasteiger partial charge is 0.262 e. The molecule has 0 radical (unpaired) electrons. The third-order valence-electron chi connectivity index (χ3n) is 7.13. The van der Waals surface area contributed by atoms with Crippen LogP contribution in [0.4, 0.5) is 0 Å². The van der Waals surface area contributed by atoms with Crippen molar-refractivity contribution in [2.45, 2.75) is 44.4 Å². The van der Waals surface area contributed by atoms with E-state index in [0.29, 0.717) is 11.3 Å². The first-order valence-electron chi connectivity index (χ1n) is 12.2. The zero-order valence-corrected chi connectivity index (χ0v) is 19.9. The summed E-state index contributed by atoms with van der Waals surface area (Å²) in [7, 11) is 3.28. The summed E-state index contributed by atoms with van der Waals surface area (Å²) in [4.78, 5) is 34.6. The highest BCUT2D eigenvalue weighted by molar-refractivity contribution is 5.97. The molecule has 3 heterocycles. The molecule has 34 heavy (non-hydrogen) atoms. The summed E-state index contributed by atoms with van der Waals surface area (Å²) in [6.45, 7) is 1.81. The average molecular weight is 461 g/mol. The minimum Gasteiger partial charge on any atom is -0.507 e. The van der Waals surface area contributed by atoms with Crippen LogP contribution in [0, 0.1) is 5.92 Å². The Kier molecular flexibility index (Phi) is 6.13. The van der Waals surface area contributed by atoms with Crippen LogP contribution in [0.25, 0.3) is 22.3 Å². The molecule has 7 nitrogen and oxygen atoms in total. The summed E-state index contributed by atoms with van der Waals surface area (Å²) in [5, 5.41) is 15.1. The average Bonchev–Trinajstić information content (AvgIpc) is 3.66. The largest absolute Gasteiger partial charge is 0.507 e. The number of fused-ring (bicyclic) bond motifs is 1. The second kappa shape index (κ2) is 9.22. The van der Waals surface area contributed by atoms with Crippen LogP contribution in [0.3, 0.4) is 0 Å². The molecule has 2 fully saturated rings. The van der Waals surface area contributed by atoms with Crippen LogP contribution in [0.5, 0.6) is 5.75 Å². The number of pyridine rings is 2. The number of carbonyl (C=O) groups excluding carboxylic acids is 1. The van der Waals surface area contributed by atoms with Crippen molar-refractivity contribution in [1.82, 2.24) is 20.2 Å². The summed E-state index contributed by atoms with van der Waals surface area (Å²) in [5.41, 5.74) is 3.65. The van der Waals surface area contributed by atoms with Crippen molar-refractivity contribution in [3.8, 4) is 17.0 Å². The van der Waals surface area contributed by atoms with E-state index in [1.807, 2.05) is 6.07 Å². The van der Waals surface area contributed by atoms with E-state index >= 15 is 0 Å². The molecule has 1 aromatic carbocycles. The van der Waals surface area contributed by atoms with Crippen LogP contribution in [0.2, 0.25) is 0 Å². The second-order valence-corrected chi connectivity index (χ2v) is 9.91. The van der Waals surface area contributed by atoms with Crippen molar-refractivity contribution in [3.63, 3.8) is 0 Å². The molecule has 0 spiro atoms. The van der Waals surface area contributed by atoms with Crippen LogP contribution in [0.15, 0.2) is 35.1 Å². The van der Waals surface area contributed by atoms with Gasteiger partial charge in [-0.2, -0.15) is 0 Å². The van der Waals surface area contributed by atoms with Crippen molar-refractivity contribution in [2.75, 3.05) is 27.2 Å². The molecule has 1 saturated heterocycles. The minimum absolute atomic E-state index is 0.116. The highest BCUT2D eigenvalue weighted by Gasteiger charge is 2.25. The molecular formula is C27H32N4O3. The summed E-state index contributed by atoms with van der Waals surface area (Å²) >= 11 is 0. The maximum atomic E-state index is 12.8. The van der Waals surface area contributed by atoms with Gasteiger partial charge in [-0.1, -0.05) is 25.0 Å². The van der Waals surface area contributed by atoms with Gasteiger partial charge in [-0.05, 0) is 73.4 Å². The van der Waals surface area contributed by atoms with Crippen molar-refractivity contribution in [1.29, 1.82) is 0 Å². The van der Waals surface area contributed by atoms with Gasteiger partial charge in [0.25, 0.3) is 11.5 Å². The fourth-order valence-corrected chi connectivity index (χ4v) is 5.05. The van der Waals surface area contributed by atoms with Gasteiger partial charge in [0.05, 0.1) is 5.69 Å². The van der Waals surface area contributed by atoms with Crippen LogP contribution in [0.1, 0.15) is 59.5 Å². The number of nitrogens with zero attached hydrogens (tertiary/aromatic N) is 2. The normalized spacial score (nSPS) is 18.2. The summed E-state index contributed by atoms with van der Waals surface area (Å²) in [5.74, 6) is 0.886. The summed E-state index contributed by atoms with van der Waals surface area (Å²) in [6, 6.07) is 9.39. The number of amides is 1. The third-order valence-corrected chi connectivity index (χ3v) is 7.13. The van der Waals surface area contributed by atoms with Crippen molar-refractivity contribution in [2.24, 2.45) is 5.92 Å². The lowest BCUT2D eigenvalue weighted by molar-refractivity contribution is 0.0826. The van der Waals surface area contributed by atoms with Gasteiger partial charge in [0.1, 0.15) is 17.0 Å². The van der Waals surface area contributed by atoms with E-state index in [2.05, 4.69) is 22.4 Å². The van der Waals surface area contributed by atoms with Gasteiger partial charge >= 0.3 is 0 Å². The standard InChI is InChI=1S/C27H32N4O3/c1-31(2)27(34)21-13-20-19(18-6-4-12-28-15-18)14-22(29-25(20)30-26(21)33)24-17(5-3-7-23(24)32)11-10-16-8-9-16/h3,5,7,13-14,16,18,28,32H,4,6,8-12,15H2,1-2H3,(H,29,30,33). The maximum absolute atomic E-state index is 12.8. The molecule has 1 saturated carbocycles.